The van der Waals surface area contributed by atoms with Crippen molar-refractivity contribution < 1.29 is 14.3 Å². The normalized spacial score (nSPS) is 19.6. The third-order valence-electron chi connectivity index (χ3n) is 4.94. The lowest BCUT2D eigenvalue weighted by Gasteiger charge is -2.37. The van der Waals surface area contributed by atoms with Crippen LogP contribution in [0.1, 0.15) is 11.8 Å². The van der Waals surface area contributed by atoms with Gasteiger partial charge >= 0.3 is 6.09 Å². The Balaban J connectivity index is 1.36. The lowest BCUT2D eigenvalue weighted by atomic mass is 10.2. The van der Waals surface area contributed by atoms with Crippen molar-refractivity contribution in [2.45, 2.75) is 13.5 Å². The summed E-state index contributed by atoms with van der Waals surface area (Å²) in [5.41, 5.74) is 0. The maximum atomic E-state index is 12.6. The molecule has 8 heteroatoms. The second-order valence-corrected chi connectivity index (χ2v) is 7.73. The summed E-state index contributed by atoms with van der Waals surface area (Å²) in [5, 5.41) is 2.11. The summed E-state index contributed by atoms with van der Waals surface area (Å²) in [5.74, 6) is 0.199. The minimum atomic E-state index is -0.250. The van der Waals surface area contributed by atoms with Crippen molar-refractivity contribution >= 4 is 23.3 Å². The summed E-state index contributed by atoms with van der Waals surface area (Å²) < 4.78 is 5.03. The number of carbonyl (C=O) groups is 2. The van der Waals surface area contributed by atoms with Crippen LogP contribution in [0, 0.1) is 0 Å². The molecule has 7 nitrogen and oxygen atoms in total. The first-order chi connectivity index (χ1) is 12.7. The largest absolute Gasteiger partial charge is 0.450 e. The molecule has 0 radical (unpaired) electrons. The van der Waals surface area contributed by atoms with Crippen molar-refractivity contribution in [3.05, 3.63) is 22.4 Å². The van der Waals surface area contributed by atoms with Crippen LogP contribution in [0.3, 0.4) is 0 Å². The molecule has 1 aromatic heterocycles. The van der Waals surface area contributed by atoms with Crippen LogP contribution in [0.5, 0.6) is 0 Å². The minimum Gasteiger partial charge on any atom is -0.450 e. The number of nitrogens with zero attached hydrogens (tertiary/aromatic N) is 4. The molecule has 0 unspecified atom stereocenters. The van der Waals surface area contributed by atoms with Crippen molar-refractivity contribution in [2.24, 2.45) is 0 Å². The molecule has 1 aromatic rings. The lowest BCUT2D eigenvalue weighted by Crippen LogP contribution is -2.54. The van der Waals surface area contributed by atoms with Crippen molar-refractivity contribution in [1.82, 2.24) is 19.6 Å². The maximum Gasteiger partial charge on any atom is 0.409 e. The quantitative estimate of drug-likeness (QED) is 0.768. The van der Waals surface area contributed by atoms with Gasteiger partial charge in [-0.3, -0.25) is 14.6 Å². The van der Waals surface area contributed by atoms with Gasteiger partial charge in [-0.2, -0.15) is 0 Å². The zero-order valence-electron chi connectivity index (χ0n) is 15.4. The molecule has 26 heavy (non-hydrogen) atoms. The fraction of sp³-hybridized carbons (Fsp3) is 0.667. The predicted molar refractivity (Wildman–Crippen MR) is 101 cm³/mol. The Morgan fingerprint density at radius 3 is 2.27 bits per heavy atom. The van der Waals surface area contributed by atoms with Crippen molar-refractivity contribution in [1.29, 1.82) is 0 Å². The molecule has 2 aliphatic heterocycles. The van der Waals surface area contributed by atoms with Crippen molar-refractivity contribution in [3.63, 3.8) is 0 Å². The highest BCUT2D eigenvalue weighted by Gasteiger charge is 2.26. The molecule has 2 amide bonds. The van der Waals surface area contributed by atoms with Gasteiger partial charge in [0.05, 0.1) is 13.2 Å². The van der Waals surface area contributed by atoms with Gasteiger partial charge in [0.15, 0.2) is 0 Å². The number of amides is 2. The molecule has 0 bridgehead atoms. The molecule has 0 aliphatic carbocycles. The van der Waals surface area contributed by atoms with Crippen LogP contribution in [0.25, 0.3) is 0 Å². The second kappa shape index (κ2) is 9.34. The Bertz CT molecular complexity index is 579. The van der Waals surface area contributed by atoms with E-state index in [1.54, 1.807) is 16.2 Å². The minimum absolute atomic E-state index is 0.199. The van der Waals surface area contributed by atoms with Gasteiger partial charge in [0, 0.05) is 63.8 Å². The molecule has 2 fully saturated rings. The average molecular weight is 381 g/mol. The number of hydrogen-bond donors (Lipinski definition) is 0. The van der Waals surface area contributed by atoms with Gasteiger partial charge in [0.25, 0.3) is 0 Å². The zero-order valence-corrected chi connectivity index (χ0v) is 16.2. The monoisotopic (exact) mass is 380 g/mol. The smallest absolute Gasteiger partial charge is 0.409 e. The molecule has 3 heterocycles. The van der Waals surface area contributed by atoms with E-state index in [9.17, 15) is 9.59 Å². The second-order valence-electron chi connectivity index (χ2n) is 6.70. The molecule has 2 saturated heterocycles. The zero-order chi connectivity index (χ0) is 18.4. The molecule has 2 aliphatic rings. The van der Waals surface area contributed by atoms with Crippen LogP contribution < -0.4 is 0 Å². The van der Waals surface area contributed by atoms with Crippen molar-refractivity contribution in [3.8, 4) is 0 Å². The van der Waals surface area contributed by atoms with Crippen LogP contribution in [0.2, 0.25) is 0 Å². The van der Waals surface area contributed by atoms with Gasteiger partial charge in [-0.25, -0.2) is 4.79 Å². The Hall–Kier alpha value is -1.64. The Kier molecular flexibility index (Phi) is 6.87. The highest BCUT2D eigenvalue weighted by Crippen LogP contribution is 2.14. The van der Waals surface area contributed by atoms with Gasteiger partial charge in [-0.05, 0) is 18.4 Å². The summed E-state index contributed by atoms with van der Waals surface area (Å²) in [6.45, 7) is 9.80. The summed E-state index contributed by atoms with van der Waals surface area (Å²) in [6.07, 6.45) is -0.250. The number of thiophene rings is 1. The standard InChI is InChI=1S/C18H28N4O3S/c1-2-25-18(24)22-11-7-20(8-12-22)15-17(23)21-9-5-19(6-10-21)14-16-4-3-13-26-16/h3-4,13H,2,5-12,14-15H2,1H3. The van der Waals surface area contributed by atoms with Crippen LogP contribution in [-0.2, 0) is 16.1 Å². The molecular formula is C18H28N4O3S. The number of carbonyl (C=O) groups excluding carboxylic acids is 2. The van der Waals surface area contributed by atoms with E-state index in [1.807, 2.05) is 11.8 Å². The molecule has 0 spiro atoms. The molecule has 0 aromatic carbocycles. The first-order valence-electron chi connectivity index (χ1n) is 9.32. The topological polar surface area (TPSA) is 56.3 Å². The van der Waals surface area contributed by atoms with E-state index >= 15 is 0 Å². The van der Waals surface area contributed by atoms with Crippen LogP contribution >= 0.6 is 11.3 Å². The Morgan fingerprint density at radius 2 is 1.65 bits per heavy atom. The van der Waals surface area contributed by atoms with Gasteiger partial charge in [-0.15, -0.1) is 11.3 Å². The number of ether oxygens (including phenoxy) is 1. The van der Waals surface area contributed by atoms with E-state index in [4.69, 9.17) is 4.74 Å². The highest BCUT2D eigenvalue weighted by atomic mass is 32.1. The summed E-state index contributed by atoms with van der Waals surface area (Å²) in [7, 11) is 0. The first-order valence-corrected chi connectivity index (χ1v) is 10.2. The predicted octanol–water partition coefficient (Wildman–Crippen LogP) is 1.17. The molecule has 0 saturated carbocycles. The van der Waals surface area contributed by atoms with Crippen LogP contribution in [0.4, 0.5) is 4.79 Å². The molecule has 144 valence electrons. The molecule has 3 rings (SSSR count). The Morgan fingerprint density at radius 1 is 1.00 bits per heavy atom. The van der Waals surface area contributed by atoms with Crippen LogP contribution in [0.15, 0.2) is 17.5 Å². The fourth-order valence-electron chi connectivity index (χ4n) is 3.37. The Labute approximate surface area is 159 Å². The highest BCUT2D eigenvalue weighted by molar-refractivity contribution is 7.09. The van der Waals surface area contributed by atoms with Gasteiger partial charge in [0.2, 0.25) is 5.91 Å². The van der Waals surface area contributed by atoms with Gasteiger partial charge in [-0.1, -0.05) is 6.07 Å². The summed E-state index contributed by atoms with van der Waals surface area (Å²) in [6, 6.07) is 4.25. The van der Waals surface area contributed by atoms with Crippen LogP contribution in [-0.4, -0.2) is 97.1 Å². The van der Waals surface area contributed by atoms with E-state index in [1.165, 1.54) is 4.88 Å². The van der Waals surface area contributed by atoms with E-state index in [0.29, 0.717) is 26.2 Å². The van der Waals surface area contributed by atoms with E-state index in [0.717, 1.165) is 45.8 Å². The average Bonchev–Trinajstić information content (AvgIpc) is 3.16. The lowest BCUT2D eigenvalue weighted by molar-refractivity contribution is -0.134. The third-order valence-corrected chi connectivity index (χ3v) is 5.80. The maximum absolute atomic E-state index is 12.6. The van der Waals surface area contributed by atoms with Gasteiger partial charge in [0.1, 0.15) is 0 Å². The number of piperazine rings is 2. The summed E-state index contributed by atoms with van der Waals surface area (Å²) in [4.78, 5) is 33.9. The van der Waals surface area contributed by atoms with E-state index < -0.39 is 0 Å². The molecule has 0 atom stereocenters. The van der Waals surface area contributed by atoms with Crippen molar-refractivity contribution in [2.75, 3.05) is 65.5 Å². The molecule has 0 N–H and O–H groups in total. The first kappa shape index (κ1) is 19.1. The third kappa shape index (κ3) is 5.18. The summed E-state index contributed by atoms with van der Waals surface area (Å²) >= 11 is 1.79. The van der Waals surface area contributed by atoms with Gasteiger partial charge < -0.3 is 14.5 Å². The number of hydrogen-bond acceptors (Lipinski definition) is 6. The number of rotatable bonds is 5. The fourth-order valence-corrected chi connectivity index (χ4v) is 4.12. The molecular weight excluding hydrogens is 352 g/mol. The van der Waals surface area contributed by atoms with E-state index in [2.05, 4.69) is 27.3 Å². The SMILES string of the molecule is CCOC(=O)N1CCN(CC(=O)N2CCN(Cc3cccs3)CC2)CC1. The van der Waals surface area contributed by atoms with E-state index in [-0.39, 0.29) is 12.0 Å².